The number of fused-ring (bicyclic) bond motifs is 2. The van der Waals surface area contributed by atoms with Crippen LogP contribution in [0.15, 0.2) is 73.0 Å². The van der Waals surface area contributed by atoms with Crippen molar-refractivity contribution in [3.05, 3.63) is 86.6 Å². The Hall–Kier alpha value is -3.34. The van der Waals surface area contributed by atoms with Crippen molar-refractivity contribution in [1.82, 2.24) is 0 Å². The number of hydrogen-bond acceptors (Lipinski definition) is 5. The standard InChI is InChI=1S/C19H12O5/c20-15-5-3-13-9-14(19(22)24-17(13)10-15)7-11-1-2-12-4-6-18(21)23-16(12)8-11/h1-6,8-10,20H,7H2. The molecular weight excluding hydrogens is 308 g/mol. The number of phenolic OH excluding ortho intramolecular Hbond substituents is 1. The van der Waals surface area contributed by atoms with Gasteiger partial charge >= 0.3 is 11.3 Å². The Bertz CT molecular complexity index is 1180. The summed E-state index contributed by atoms with van der Waals surface area (Å²) in [4.78, 5) is 23.5. The zero-order valence-electron chi connectivity index (χ0n) is 12.5. The van der Waals surface area contributed by atoms with Gasteiger partial charge in [0.25, 0.3) is 0 Å². The zero-order chi connectivity index (χ0) is 16.7. The first-order chi connectivity index (χ1) is 11.6. The maximum Gasteiger partial charge on any atom is 0.339 e. The number of phenols is 1. The lowest BCUT2D eigenvalue weighted by Gasteiger charge is -2.04. The second kappa shape index (κ2) is 5.38. The molecule has 5 heteroatoms. The molecule has 2 aromatic carbocycles. The minimum absolute atomic E-state index is 0.0444. The van der Waals surface area contributed by atoms with Crippen LogP contribution in [-0.2, 0) is 6.42 Å². The minimum atomic E-state index is -0.456. The molecule has 118 valence electrons. The summed E-state index contributed by atoms with van der Waals surface area (Å²) >= 11 is 0. The van der Waals surface area contributed by atoms with Crippen LogP contribution in [0.1, 0.15) is 11.1 Å². The van der Waals surface area contributed by atoms with Gasteiger partial charge in [-0.3, -0.25) is 0 Å². The molecule has 24 heavy (non-hydrogen) atoms. The van der Waals surface area contributed by atoms with E-state index in [1.807, 2.05) is 12.1 Å². The molecule has 2 aromatic heterocycles. The van der Waals surface area contributed by atoms with Gasteiger partial charge < -0.3 is 13.9 Å². The number of rotatable bonds is 2. The van der Waals surface area contributed by atoms with Crippen LogP contribution in [0, 0.1) is 0 Å². The predicted molar refractivity (Wildman–Crippen MR) is 89.4 cm³/mol. The zero-order valence-corrected chi connectivity index (χ0v) is 12.5. The van der Waals surface area contributed by atoms with E-state index < -0.39 is 11.3 Å². The van der Waals surface area contributed by atoms with Crippen LogP contribution in [0.5, 0.6) is 5.75 Å². The largest absolute Gasteiger partial charge is 0.508 e. The van der Waals surface area contributed by atoms with E-state index in [0.717, 1.165) is 16.3 Å². The third-order valence-corrected chi connectivity index (χ3v) is 3.87. The maximum atomic E-state index is 12.1. The first-order valence-electron chi connectivity index (χ1n) is 7.37. The Kier molecular flexibility index (Phi) is 3.20. The monoisotopic (exact) mass is 320 g/mol. The fourth-order valence-electron chi connectivity index (χ4n) is 2.70. The molecule has 0 fully saturated rings. The van der Waals surface area contributed by atoms with Crippen LogP contribution in [0.2, 0.25) is 0 Å². The summed E-state index contributed by atoms with van der Waals surface area (Å²) in [6.45, 7) is 0. The molecule has 0 saturated heterocycles. The van der Waals surface area contributed by atoms with Gasteiger partial charge in [0, 0.05) is 34.9 Å². The van der Waals surface area contributed by atoms with E-state index in [-0.39, 0.29) is 5.75 Å². The van der Waals surface area contributed by atoms with E-state index in [4.69, 9.17) is 8.83 Å². The van der Waals surface area contributed by atoms with Crippen LogP contribution in [-0.4, -0.2) is 5.11 Å². The molecule has 0 aliphatic carbocycles. The highest BCUT2D eigenvalue weighted by molar-refractivity contribution is 5.79. The van der Waals surface area contributed by atoms with Crippen LogP contribution in [0.3, 0.4) is 0 Å². The second-order valence-corrected chi connectivity index (χ2v) is 5.58. The Morgan fingerprint density at radius 2 is 1.54 bits per heavy atom. The van der Waals surface area contributed by atoms with Crippen molar-refractivity contribution in [2.24, 2.45) is 0 Å². The lowest BCUT2D eigenvalue weighted by Crippen LogP contribution is -2.07. The minimum Gasteiger partial charge on any atom is -0.508 e. The molecule has 5 nitrogen and oxygen atoms in total. The molecule has 1 N–H and O–H groups in total. The highest BCUT2D eigenvalue weighted by atomic mass is 16.4. The summed E-state index contributed by atoms with van der Waals surface area (Å²) in [7, 11) is 0. The molecule has 0 aliphatic heterocycles. The van der Waals surface area contributed by atoms with Gasteiger partial charge in [-0.25, -0.2) is 9.59 Å². The van der Waals surface area contributed by atoms with E-state index in [0.29, 0.717) is 23.2 Å². The lowest BCUT2D eigenvalue weighted by atomic mass is 10.0. The molecule has 0 amide bonds. The topological polar surface area (TPSA) is 80.6 Å². The number of benzene rings is 2. The van der Waals surface area contributed by atoms with Crippen LogP contribution < -0.4 is 11.3 Å². The summed E-state index contributed by atoms with van der Waals surface area (Å²) in [6.07, 6.45) is 0.355. The molecule has 0 atom stereocenters. The molecular formula is C19H12O5. The molecule has 0 spiro atoms. The summed E-state index contributed by atoms with van der Waals surface area (Å²) in [5.41, 5.74) is 1.28. The van der Waals surface area contributed by atoms with Gasteiger partial charge in [-0.05, 0) is 35.9 Å². The van der Waals surface area contributed by atoms with Crippen molar-refractivity contribution in [2.45, 2.75) is 6.42 Å². The lowest BCUT2D eigenvalue weighted by molar-refractivity contribution is 0.473. The molecule has 4 rings (SSSR count). The average Bonchev–Trinajstić information content (AvgIpc) is 2.55. The Morgan fingerprint density at radius 1 is 0.792 bits per heavy atom. The Labute approximate surface area is 135 Å². The number of aromatic hydroxyl groups is 1. The molecule has 2 heterocycles. The maximum absolute atomic E-state index is 12.1. The van der Waals surface area contributed by atoms with Gasteiger partial charge in [0.1, 0.15) is 16.9 Å². The third-order valence-electron chi connectivity index (χ3n) is 3.87. The summed E-state index contributed by atoms with van der Waals surface area (Å²) in [5, 5.41) is 11.0. The predicted octanol–water partition coefficient (Wildman–Crippen LogP) is 3.20. The van der Waals surface area contributed by atoms with Crippen LogP contribution in [0.4, 0.5) is 0 Å². The average molecular weight is 320 g/mol. The van der Waals surface area contributed by atoms with E-state index in [1.54, 1.807) is 24.3 Å². The molecule has 0 bridgehead atoms. The highest BCUT2D eigenvalue weighted by Gasteiger charge is 2.08. The second-order valence-electron chi connectivity index (χ2n) is 5.58. The molecule has 0 radical (unpaired) electrons. The van der Waals surface area contributed by atoms with Gasteiger partial charge in [-0.1, -0.05) is 12.1 Å². The summed E-state index contributed by atoms with van der Waals surface area (Å²) < 4.78 is 10.4. The molecule has 0 aliphatic rings. The van der Waals surface area contributed by atoms with E-state index >= 15 is 0 Å². The first-order valence-corrected chi connectivity index (χ1v) is 7.37. The van der Waals surface area contributed by atoms with E-state index in [2.05, 4.69) is 0 Å². The Morgan fingerprint density at radius 3 is 2.42 bits per heavy atom. The van der Waals surface area contributed by atoms with Gasteiger partial charge in [0.2, 0.25) is 0 Å². The SMILES string of the molecule is O=c1ccc2ccc(Cc3cc4ccc(O)cc4oc3=O)cc2o1. The molecule has 0 unspecified atom stereocenters. The summed E-state index contributed by atoms with van der Waals surface area (Å²) in [6, 6.07) is 14.9. The molecule has 0 saturated carbocycles. The fourth-order valence-corrected chi connectivity index (χ4v) is 2.70. The van der Waals surface area contributed by atoms with E-state index in [1.165, 1.54) is 18.2 Å². The summed E-state index contributed by atoms with van der Waals surface area (Å²) in [5.74, 6) is 0.0444. The van der Waals surface area contributed by atoms with Crippen molar-refractivity contribution < 1.29 is 13.9 Å². The Balaban J connectivity index is 1.78. The highest BCUT2D eigenvalue weighted by Crippen LogP contribution is 2.21. The van der Waals surface area contributed by atoms with Crippen molar-refractivity contribution in [2.75, 3.05) is 0 Å². The van der Waals surface area contributed by atoms with Crippen molar-refractivity contribution >= 4 is 21.9 Å². The van der Waals surface area contributed by atoms with Crippen molar-refractivity contribution in [3.8, 4) is 5.75 Å². The van der Waals surface area contributed by atoms with Gasteiger partial charge in [0.05, 0.1) is 0 Å². The van der Waals surface area contributed by atoms with Crippen LogP contribution in [0.25, 0.3) is 21.9 Å². The van der Waals surface area contributed by atoms with Gasteiger partial charge in [-0.2, -0.15) is 0 Å². The van der Waals surface area contributed by atoms with Crippen LogP contribution >= 0.6 is 0 Å². The van der Waals surface area contributed by atoms with Crippen molar-refractivity contribution in [3.63, 3.8) is 0 Å². The van der Waals surface area contributed by atoms with Gasteiger partial charge in [0.15, 0.2) is 0 Å². The number of hydrogen-bond donors (Lipinski definition) is 1. The van der Waals surface area contributed by atoms with Gasteiger partial charge in [-0.15, -0.1) is 0 Å². The van der Waals surface area contributed by atoms with Crippen molar-refractivity contribution in [1.29, 1.82) is 0 Å². The fraction of sp³-hybridized carbons (Fsp3) is 0.0526. The third kappa shape index (κ3) is 2.56. The first kappa shape index (κ1) is 14.3. The normalized spacial score (nSPS) is 11.2. The molecule has 4 aromatic rings. The quantitative estimate of drug-likeness (QED) is 0.574. The smallest absolute Gasteiger partial charge is 0.339 e. The van der Waals surface area contributed by atoms with E-state index in [9.17, 15) is 14.7 Å².